The zero-order valence-electron chi connectivity index (χ0n) is 28.7. The molecule has 0 amide bonds. The molecule has 0 fully saturated rings. The summed E-state index contributed by atoms with van der Waals surface area (Å²) < 4.78 is 0. The topological polar surface area (TPSA) is 12.9 Å². The minimum atomic E-state index is 0.211. The number of rotatable bonds is 0. The number of hydrogen-bond acceptors (Lipinski definition) is 1. The van der Waals surface area contributed by atoms with E-state index in [4.69, 9.17) is 0 Å². The Bertz CT molecular complexity index is 1850. The Morgan fingerprint density at radius 2 is 1.07 bits per heavy atom. The molecule has 0 bridgehead atoms. The van der Waals surface area contributed by atoms with Crippen LogP contribution in [-0.2, 0) is 17.3 Å². The molecule has 0 N–H and O–H groups in total. The number of nitrogens with zero attached hydrogens (tertiary/aromatic N) is 1. The van der Waals surface area contributed by atoms with E-state index in [1.807, 2.05) is 25.1 Å². The minimum absolute atomic E-state index is 0.211. The Morgan fingerprint density at radius 3 is 1.56 bits per heavy atom. The summed E-state index contributed by atoms with van der Waals surface area (Å²) in [4.78, 5) is 3.98. The fraction of sp³-hybridized carbons (Fsp3) is 0.295. The zero-order chi connectivity index (χ0) is 32.4. The van der Waals surface area contributed by atoms with E-state index in [1.54, 1.807) is 6.20 Å². The molecule has 5 aromatic carbocycles. The van der Waals surface area contributed by atoms with E-state index >= 15 is 0 Å². The average molecular weight is 592 g/mol. The van der Waals surface area contributed by atoms with Gasteiger partial charge < -0.3 is 0 Å². The van der Waals surface area contributed by atoms with Gasteiger partial charge in [0, 0.05) is 17.8 Å². The Kier molecular flexibility index (Phi) is 9.31. The van der Waals surface area contributed by atoms with Crippen LogP contribution in [0.1, 0.15) is 99.0 Å². The van der Waals surface area contributed by atoms with Crippen LogP contribution in [0.2, 0.25) is 0 Å². The predicted octanol–water partition coefficient (Wildman–Crippen LogP) is 12.0. The Morgan fingerprint density at radius 1 is 0.556 bits per heavy atom. The molecule has 230 valence electrons. The fourth-order valence-electron chi connectivity index (χ4n) is 6.31. The molecule has 1 heteroatoms. The summed E-state index contributed by atoms with van der Waals surface area (Å²) >= 11 is 0. The van der Waals surface area contributed by atoms with Crippen molar-refractivity contribution in [2.75, 3.05) is 0 Å². The lowest BCUT2D eigenvalue weighted by atomic mass is 9.74. The molecule has 45 heavy (non-hydrogen) atoms. The fourth-order valence-corrected chi connectivity index (χ4v) is 6.31. The second-order valence-electron chi connectivity index (χ2n) is 14.7. The summed E-state index contributed by atoms with van der Waals surface area (Å²) in [6.07, 6.45) is 2.86. The third-order valence-corrected chi connectivity index (χ3v) is 9.13. The third-order valence-electron chi connectivity index (χ3n) is 9.13. The first-order valence-electron chi connectivity index (χ1n) is 16.3. The van der Waals surface area contributed by atoms with E-state index in [0.717, 1.165) is 12.1 Å². The highest BCUT2D eigenvalue weighted by Crippen LogP contribution is 2.40. The van der Waals surface area contributed by atoms with Crippen LogP contribution < -0.4 is 0 Å². The van der Waals surface area contributed by atoms with Crippen LogP contribution in [0, 0.1) is 13.8 Å². The lowest BCUT2D eigenvalue weighted by Crippen LogP contribution is -2.18. The number of hydrogen-bond donors (Lipinski definition) is 0. The van der Waals surface area contributed by atoms with Gasteiger partial charge in [-0.2, -0.15) is 0 Å². The maximum absolute atomic E-state index is 3.98. The summed E-state index contributed by atoms with van der Waals surface area (Å²) in [5, 5.41) is 5.39. The second kappa shape index (κ2) is 13.0. The quantitative estimate of drug-likeness (QED) is 0.160. The molecule has 6 aromatic rings. The van der Waals surface area contributed by atoms with Crippen molar-refractivity contribution in [2.45, 2.75) is 85.5 Å². The summed E-state index contributed by atoms with van der Waals surface area (Å²) in [7, 11) is 0. The normalized spacial score (nSPS) is 12.8. The van der Waals surface area contributed by atoms with Gasteiger partial charge in [-0.1, -0.05) is 146 Å². The van der Waals surface area contributed by atoms with Crippen LogP contribution in [0.4, 0.5) is 0 Å². The molecular formula is C44H49N. The second-order valence-corrected chi connectivity index (χ2v) is 14.7. The first kappa shape index (κ1) is 32.2. The number of aromatic nitrogens is 1. The summed E-state index contributed by atoms with van der Waals surface area (Å²) in [6, 6.07) is 39.5. The van der Waals surface area contributed by atoms with Crippen molar-refractivity contribution in [2.24, 2.45) is 0 Å². The number of aryl methyl sites for hydroxylation is 2. The smallest absolute Gasteiger partial charge is 0.0372 e. The molecule has 0 radical (unpaired) electrons. The average Bonchev–Trinajstić information content (AvgIpc) is 3.01. The summed E-state index contributed by atoms with van der Waals surface area (Å²) in [5.41, 5.74) is 11.8. The van der Waals surface area contributed by atoms with Crippen LogP contribution in [0.3, 0.4) is 0 Å². The monoisotopic (exact) mass is 591 g/mol. The highest BCUT2D eigenvalue weighted by atomic mass is 14.6. The van der Waals surface area contributed by atoms with Crippen LogP contribution >= 0.6 is 0 Å². The SMILES string of the molecule is CC1c2cc(C(C)(C)C)ccc2Cc2ccc(C(C)(C)C)cc21.Cc1cc2ccccc2c2ccccc12.Cc1ccccn1. The molecular weight excluding hydrogens is 542 g/mol. The minimum Gasteiger partial charge on any atom is -0.262 e. The Labute approximate surface area is 271 Å². The summed E-state index contributed by atoms with van der Waals surface area (Å²) in [5.74, 6) is 0.485. The number of pyridine rings is 1. The van der Waals surface area contributed by atoms with Crippen molar-refractivity contribution in [1.29, 1.82) is 0 Å². The molecule has 1 aliphatic rings. The van der Waals surface area contributed by atoms with E-state index in [-0.39, 0.29) is 10.8 Å². The lowest BCUT2D eigenvalue weighted by molar-refractivity contribution is 0.585. The predicted molar refractivity (Wildman–Crippen MR) is 196 cm³/mol. The number of fused-ring (bicyclic) bond motifs is 5. The lowest BCUT2D eigenvalue weighted by Gasteiger charge is -2.30. The van der Waals surface area contributed by atoms with Gasteiger partial charge in [0.25, 0.3) is 0 Å². The van der Waals surface area contributed by atoms with Gasteiger partial charge in [-0.25, -0.2) is 0 Å². The van der Waals surface area contributed by atoms with Crippen LogP contribution in [0.5, 0.6) is 0 Å². The highest BCUT2D eigenvalue weighted by Gasteiger charge is 2.26. The molecule has 1 nitrogen and oxygen atoms in total. The molecule has 7 rings (SSSR count). The zero-order valence-corrected chi connectivity index (χ0v) is 28.7. The van der Waals surface area contributed by atoms with Crippen LogP contribution in [0.15, 0.2) is 115 Å². The van der Waals surface area contributed by atoms with Crippen LogP contribution in [0.25, 0.3) is 21.5 Å². The van der Waals surface area contributed by atoms with Gasteiger partial charge in [-0.05, 0) is 104 Å². The van der Waals surface area contributed by atoms with Gasteiger partial charge in [-0.3, -0.25) is 4.98 Å². The first-order chi connectivity index (χ1) is 21.3. The highest BCUT2D eigenvalue weighted by molar-refractivity contribution is 6.08. The molecule has 0 aliphatic heterocycles. The summed E-state index contributed by atoms with van der Waals surface area (Å²) in [6.45, 7) is 20.3. The molecule has 0 saturated heterocycles. The van der Waals surface area contributed by atoms with E-state index < -0.39 is 0 Å². The van der Waals surface area contributed by atoms with Crippen molar-refractivity contribution in [3.05, 3.63) is 160 Å². The Balaban J connectivity index is 0.000000154. The molecule has 1 aromatic heterocycles. The molecule has 0 atom stereocenters. The van der Waals surface area contributed by atoms with E-state index in [9.17, 15) is 0 Å². The van der Waals surface area contributed by atoms with Crippen molar-refractivity contribution < 1.29 is 0 Å². The van der Waals surface area contributed by atoms with Gasteiger partial charge in [0.15, 0.2) is 0 Å². The van der Waals surface area contributed by atoms with Crippen molar-refractivity contribution >= 4 is 21.5 Å². The van der Waals surface area contributed by atoms with Gasteiger partial charge in [-0.15, -0.1) is 0 Å². The van der Waals surface area contributed by atoms with Crippen molar-refractivity contribution in [1.82, 2.24) is 4.98 Å². The maximum atomic E-state index is 3.98. The van der Waals surface area contributed by atoms with Gasteiger partial charge >= 0.3 is 0 Å². The molecule has 1 heterocycles. The van der Waals surface area contributed by atoms with Crippen molar-refractivity contribution in [3.8, 4) is 0 Å². The van der Waals surface area contributed by atoms with Gasteiger partial charge in [0.2, 0.25) is 0 Å². The largest absolute Gasteiger partial charge is 0.262 e. The van der Waals surface area contributed by atoms with E-state index in [1.165, 1.54) is 60.5 Å². The number of benzene rings is 5. The molecule has 0 saturated carbocycles. The van der Waals surface area contributed by atoms with E-state index in [2.05, 4.69) is 151 Å². The van der Waals surface area contributed by atoms with Gasteiger partial charge in [0.05, 0.1) is 0 Å². The maximum Gasteiger partial charge on any atom is 0.0372 e. The Hall–Kier alpha value is -4.23. The molecule has 0 spiro atoms. The third kappa shape index (κ3) is 7.36. The molecule has 1 aliphatic carbocycles. The standard InChI is InChI=1S/C23H30.C15H12.C6H7N/c1-15-20-13-18(22(2,3)4)10-8-16(20)12-17-9-11-19(14-21(15)17)23(5,6)7;1-11-10-12-6-2-3-8-14(12)15-9-5-4-7-13(11)15;1-6-4-2-3-5-7-6/h8-11,13-15H,12H2,1-7H3;2-10H,1H3;2-5H,1H3. The van der Waals surface area contributed by atoms with E-state index in [0.29, 0.717) is 5.92 Å². The van der Waals surface area contributed by atoms with Gasteiger partial charge in [0.1, 0.15) is 0 Å². The molecule has 0 unspecified atom stereocenters. The first-order valence-corrected chi connectivity index (χ1v) is 16.3. The van der Waals surface area contributed by atoms with Crippen molar-refractivity contribution in [3.63, 3.8) is 0 Å². The van der Waals surface area contributed by atoms with Crippen LogP contribution in [-0.4, -0.2) is 4.98 Å².